The highest BCUT2D eigenvalue weighted by molar-refractivity contribution is 7.89. The molecule has 0 aliphatic heterocycles. The van der Waals surface area contributed by atoms with Crippen LogP contribution in [0.2, 0.25) is 0 Å². The molecule has 6 heteroatoms. The van der Waals surface area contributed by atoms with Crippen LogP contribution >= 0.6 is 0 Å². The van der Waals surface area contributed by atoms with Crippen LogP contribution in [0.25, 0.3) is 0 Å². The van der Waals surface area contributed by atoms with Crippen molar-refractivity contribution in [3.63, 3.8) is 0 Å². The van der Waals surface area contributed by atoms with Crippen molar-refractivity contribution in [1.82, 2.24) is 10.0 Å². The molecule has 0 fully saturated rings. The molecule has 0 bridgehead atoms. The highest BCUT2D eigenvalue weighted by Gasteiger charge is 2.21. The first-order valence-corrected chi connectivity index (χ1v) is 9.27. The van der Waals surface area contributed by atoms with Gasteiger partial charge >= 0.3 is 0 Å². The van der Waals surface area contributed by atoms with Gasteiger partial charge in [-0.05, 0) is 38.0 Å². The number of sulfonamides is 1. The van der Waals surface area contributed by atoms with Crippen molar-refractivity contribution in [1.29, 1.82) is 0 Å². The Labute approximate surface area is 143 Å². The Morgan fingerprint density at radius 1 is 1.04 bits per heavy atom. The Bertz CT molecular complexity index is 772. The number of rotatable bonds is 7. The van der Waals surface area contributed by atoms with E-state index in [4.69, 9.17) is 0 Å². The summed E-state index contributed by atoms with van der Waals surface area (Å²) in [6.07, 6.45) is 0.698. The zero-order valence-corrected chi connectivity index (χ0v) is 14.6. The minimum absolute atomic E-state index is 0.150. The van der Waals surface area contributed by atoms with Crippen LogP contribution in [0.4, 0.5) is 0 Å². The molecule has 2 N–H and O–H groups in total. The van der Waals surface area contributed by atoms with Gasteiger partial charge in [0.15, 0.2) is 0 Å². The second kappa shape index (κ2) is 8.08. The van der Waals surface area contributed by atoms with Crippen molar-refractivity contribution in [2.24, 2.45) is 0 Å². The van der Waals surface area contributed by atoms with E-state index in [9.17, 15) is 13.2 Å². The third kappa shape index (κ3) is 5.18. The molecule has 0 unspecified atom stereocenters. The number of amides is 1. The SMILES string of the molecule is Cc1ccc(S(=O)(=O)N[C@@H](C)C(=O)NCCc2ccccc2)cc1. The van der Waals surface area contributed by atoms with Gasteiger partial charge in [-0.2, -0.15) is 4.72 Å². The maximum atomic E-state index is 12.3. The molecule has 0 heterocycles. The summed E-state index contributed by atoms with van der Waals surface area (Å²) in [5, 5.41) is 2.75. The van der Waals surface area contributed by atoms with Gasteiger partial charge < -0.3 is 5.32 Å². The van der Waals surface area contributed by atoms with Crippen LogP contribution in [-0.2, 0) is 21.2 Å². The lowest BCUT2D eigenvalue weighted by molar-refractivity contribution is -0.122. The molecule has 0 aliphatic carbocycles. The average molecular weight is 346 g/mol. The van der Waals surface area contributed by atoms with Gasteiger partial charge in [-0.3, -0.25) is 4.79 Å². The molecule has 2 aromatic carbocycles. The summed E-state index contributed by atoms with van der Waals surface area (Å²) in [5.74, 6) is -0.346. The second-order valence-corrected chi connectivity index (χ2v) is 7.40. The fourth-order valence-electron chi connectivity index (χ4n) is 2.20. The van der Waals surface area contributed by atoms with Gasteiger partial charge in [-0.25, -0.2) is 8.42 Å². The summed E-state index contributed by atoms with van der Waals surface area (Å²) >= 11 is 0. The largest absolute Gasteiger partial charge is 0.354 e. The number of hydrogen-bond acceptors (Lipinski definition) is 3. The normalized spacial score (nSPS) is 12.6. The molecule has 128 valence electrons. The Balaban J connectivity index is 1.87. The molecule has 0 spiro atoms. The highest BCUT2D eigenvalue weighted by atomic mass is 32.2. The third-order valence-electron chi connectivity index (χ3n) is 3.61. The van der Waals surface area contributed by atoms with Gasteiger partial charge in [0.2, 0.25) is 15.9 Å². The Morgan fingerprint density at radius 2 is 1.67 bits per heavy atom. The Kier molecular flexibility index (Phi) is 6.11. The number of aryl methyl sites for hydroxylation is 1. The van der Waals surface area contributed by atoms with E-state index in [1.54, 1.807) is 12.1 Å². The summed E-state index contributed by atoms with van der Waals surface area (Å²) in [6.45, 7) is 3.87. The fraction of sp³-hybridized carbons (Fsp3) is 0.278. The predicted octanol–water partition coefficient (Wildman–Crippen LogP) is 2.02. The van der Waals surface area contributed by atoms with Crippen LogP contribution in [-0.4, -0.2) is 26.9 Å². The molecule has 1 atom stereocenters. The van der Waals surface area contributed by atoms with Gasteiger partial charge in [0.25, 0.3) is 0 Å². The molecule has 0 saturated heterocycles. The predicted molar refractivity (Wildman–Crippen MR) is 94.1 cm³/mol. The van der Waals surface area contributed by atoms with Gasteiger partial charge in [-0.15, -0.1) is 0 Å². The molecule has 0 radical (unpaired) electrons. The van der Waals surface area contributed by atoms with Crippen LogP contribution in [0.15, 0.2) is 59.5 Å². The lowest BCUT2D eigenvalue weighted by Gasteiger charge is -2.14. The van der Waals surface area contributed by atoms with E-state index < -0.39 is 16.1 Å². The van der Waals surface area contributed by atoms with Crippen molar-refractivity contribution in [3.8, 4) is 0 Å². The van der Waals surface area contributed by atoms with Crippen molar-refractivity contribution in [2.45, 2.75) is 31.2 Å². The van der Waals surface area contributed by atoms with E-state index in [1.807, 2.05) is 37.3 Å². The number of benzene rings is 2. The maximum Gasteiger partial charge on any atom is 0.241 e. The van der Waals surface area contributed by atoms with Crippen LogP contribution < -0.4 is 10.0 Å². The van der Waals surface area contributed by atoms with Crippen LogP contribution in [0.5, 0.6) is 0 Å². The standard InChI is InChI=1S/C18H22N2O3S/c1-14-8-10-17(11-9-14)24(22,23)20-15(2)18(21)19-13-12-16-6-4-3-5-7-16/h3-11,15,20H,12-13H2,1-2H3,(H,19,21)/t15-/m0/s1. The number of nitrogens with one attached hydrogen (secondary N) is 2. The van der Waals surface area contributed by atoms with Crippen LogP contribution in [0.3, 0.4) is 0 Å². The summed E-state index contributed by atoms with van der Waals surface area (Å²) in [4.78, 5) is 12.2. The minimum Gasteiger partial charge on any atom is -0.354 e. The Hall–Kier alpha value is -2.18. The number of hydrogen-bond donors (Lipinski definition) is 2. The summed E-state index contributed by atoms with van der Waals surface area (Å²) < 4.78 is 26.9. The smallest absolute Gasteiger partial charge is 0.241 e. The lowest BCUT2D eigenvalue weighted by atomic mass is 10.1. The molecule has 0 saturated carbocycles. The third-order valence-corrected chi connectivity index (χ3v) is 5.17. The average Bonchev–Trinajstić information content (AvgIpc) is 2.55. The van der Waals surface area contributed by atoms with E-state index in [0.717, 1.165) is 11.1 Å². The highest BCUT2D eigenvalue weighted by Crippen LogP contribution is 2.10. The molecular formula is C18H22N2O3S. The molecular weight excluding hydrogens is 324 g/mol. The zero-order chi connectivity index (χ0) is 17.6. The first-order chi connectivity index (χ1) is 11.4. The summed E-state index contributed by atoms with van der Waals surface area (Å²) in [7, 11) is -3.71. The van der Waals surface area contributed by atoms with Crippen LogP contribution in [0.1, 0.15) is 18.1 Å². The molecule has 1 amide bonds. The first kappa shape index (κ1) is 18.2. The van der Waals surface area contributed by atoms with E-state index in [2.05, 4.69) is 10.0 Å². The van der Waals surface area contributed by atoms with Gasteiger partial charge in [-0.1, -0.05) is 48.0 Å². The van der Waals surface area contributed by atoms with Crippen molar-refractivity contribution < 1.29 is 13.2 Å². The fourth-order valence-corrected chi connectivity index (χ4v) is 3.40. The van der Waals surface area contributed by atoms with Crippen molar-refractivity contribution in [2.75, 3.05) is 6.54 Å². The number of carbonyl (C=O) groups excluding carboxylic acids is 1. The summed E-state index contributed by atoms with van der Waals surface area (Å²) in [5.41, 5.74) is 2.09. The molecule has 2 aromatic rings. The second-order valence-electron chi connectivity index (χ2n) is 5.68. The topological polar surface area (TPSA) is 75.3 Å². The molecule has 0 aromatic heterocycles. The van der Waals surface area contributed by atoms with E-state index in [0.29, 0.717) is 13.0 Å². The Morgan fingerprint density at radius 3 is 2.29 bits per heavy atom. The van der Waals surface area contributed by atoms with Gasteiger partial charge in [0.05, 0.1) is 10.9 Å². The molecule has 5 nitrogen and oxygen atoms in total. The van der Waals surface area contributed by atoms with Crippen LogP contribution in [0, 0.1) is 6.92 Å². The monoisotopic (exact) mass is 346 g/mol. The van der Waals surface area contributed by atoms with Crippen molar-refractivity contribution >= 4 is 15.9 Å². The first-order valence-electron chi connectivity index (χ1n) is 7.79. The molecule has 24 heavy (non-hydrogen) atoms. The van der Waals surface area contributed by atoms with Gasteiger partial charge in [0, 0.05) is 6.54 Å². The molecule has 2 rings (SSSR count). The van der Waals surface area contributed by atoms with E-state index >= 15 is 0 Å². The number of carbonyl (C=O) groups is 1. The van der Waals surface area contributed by atoms with E-state index in [-0.39, 0.29) is 10.8 Å². The quantitative estimate of drug-likeness (QED) is 0.805. The van der Waals surface area contributed by atoms with Gasteiger partial charge in [0.1, 0.15) is 0 Å². The van der Waals surface area contributed by atoms with E-state index in [1.165, 1.54) is 19.1 Å². The lowest BCUT2D eigenvalue weighted by Crippen LogP contribution is -2.45. The summed E-state index contributed by atoms with van der Waals surface area (Å²) in [6, 6.07) is 15.4. The molecule has 0 aliphatic rings. The van der Waals surface area contributed by atoms with Crippen molar-refractivity contribution in [3.05, 3.63) is 65.7 Å². The zero-order valence-electron chi connectivity index (χ0n) is 13.8. The minimum atomic E-state index is -3.71. The maximum absolute atomic E-state index is 12.3.